The van der Waals surface area contributed by atoms with Crippen molar-refractivity contribution in [2.24, 2.45) is 0 Å². The van der Waals surface area contributed by atoms with Gasteiger partial charge in [0.15, 0.2) is 9.84 Å². The number of likely N-dealkylation sites (tertiary alicyclic amines) is 1. The molecule has 0 radical (unpaired) electrons. The van der Waals surface area contributed by atoms with Crippen molar-refractivity contribution < 1.29 is 13.2 Å². The van der Waals surface area contributed by atoms with Gasteiger partial charge in [-0.3, -0.25) is 4.79 Å². The molecule has 2 aliphatic rings. The maximum atomic E-state index is 13.5. The van der Waals surface area contributed by atoms with Crippen molar-refractivity contribution in [2.45, 2.75) is 56.1 Å². The van der Waals surface area contributed by atoms with Crippen LogP contribution < -0.4 is 0 Å². The van der Waals surface area contributed by atoms with Crippen LogP contribution >= 0.6 is 0 Å². The molecular formula is C19H27NO3S. The Morgan fingerprint density at radius 2 is 1.83 bits per heavy atom. The fourth-order valence-corrected chi connectivity index (χ4v) is 5.41. The van der Waals surface area contributed by atoms with E-state index in [1.165, 1.54) is 12.7 Å². The third kappa shape index (κ3) is 3.10. The van der Waals surface area contributed by atoms with Gasteiger partial charge in [-0.05, 0) is 37.3 Å². The van der Waals surface area contributed by atoms with Gasteiger partial charge >= 0.3 is 0 Å². The van der Waals surface area contributed by atoms with Crippen LogP contribution in [0.15, 0.2) is 24.3 Å². The van der Waals surface area contributed by atoms with Crippen molar-refractivity contribution >= 4 is 15.7 Å². The molecular weight excluding hydrogens is 322 g/mol. The molecule has 0 spiro atoms. The monoisotopic (exact) mass is 349 g/mol. The molecule has 1 aliphatic heterocycles. The molecule has 1 amide bonds. The lowest BCUT2D eigenvalue weighted by Crippen LogP contribution is -2.48. The molecule has 2 fully saturated rings. The average molecular weight is 349 g/mol. The quantitative estimate of drug-likeness (QED) is 0.843. The van der Waals surface area contributed by atoms with Gasteiger partial charge in [-0.25, -0.2) is 8.42 Å². The highest BCUT2D eigenvalue weighted by Gasteiger charge is 2.46. The molecule has 1 aliphatic carbocycles. The van der Waals surface area contributed by atoms with Gasteiger partial charge in [-0.2, -0.15) is 0 Å². The van der Waals surface area contributed by atoms with Crippen LogP contribution in [0.3, 0.4) is 0 Å². The first kappa shape index (κ1) is 17.5. The number of amides is 1. The second-order valence-electron chi connectivity index (χ2n) is 7.45. The van der Waals surface area contributed by atoms with E-state index in [-0.39, 0.29) is 5.91 Å². The largest absolute Gasteiger partial charge is 0.341 e. The summed E-state index contributed by atoms with van der Waals surface area (Å²) >= 11 is 0. The summed E-state index contributed by atoms with van der Waals surface area (Å²) in [6.07, 6.45) is 6.88. The Morgan fingerprint density at radius 1 is 1.17 bits per heavy atom. The molecule has 1 aromatic carbocycles. The third-order valence-corrected chi connectivity index (χ3v) is 7.41. The zero-order valence-corrected chi connectivity index (χ0v) is 15.4. The number of carbonyl (C=O) groups is 1. The maximum absolute atomic E-state index is 13.5. The smallest absolute Gasteiger partial charge is 0.233 e. The molecule has 0 bridgehead atoms. The normalized spacial score (nSPS) is 24.1. The summed E-state index contributed by atoms with van der Waals surface area (Å²) in [6, 6.07) is 8.18. The first-order valence-electron chi connectivity index (χ1n) is 8.89. The minimum Gasteiger partial charge on any atom is -0.341 e. The van der Waals surface area contributed by atoms with Crippen LogP contribution in [0.2, 0.25) is 0 Å². The van der Waals surface area contributed by atoms with Crippen LogP contribution in [0.5, 0.6) is 0 Å². The molecule has 1 heterocycles. The van der Waals surface area contributed by atoms with Crippen molar-refractivity contribution in [2.75, 3.05) is 19.3 Å². The van der Waals surface area contributed by atoms with Crippen molar-refractivity contribution in [3.8, 4) is 0 Å². The number of aryl methyl sites for hydroxylation is 1. The van der Waals surface area contributed by atoms with Crippen LogP contribution in [0.25, 0.3) is 0 Å². The Bertz CT molecular complexity index is 720. The molecule has 4 nitrogen and oxygen atoms in total. The summed E-state index contributed by atoms with van der Waals surface area (Å²) in [4.78, 5) is 15.3. The minimum atomic E-state index is -3.09. The molecule has 132 valence electrons. The van der Waals surface area contributed by atoms with Gasteiger partial charge < -0.3 is 4.90 Å². The zero-order valence-electron chi connectivity index (χ0n) is 14.6. The molecule has 1 atom stereocenters. The van der Waals surface area contributed by atoms with Crippen LogP contribution in [0.1, 0.15) is 49.7 Å². The van der Waals surface area contributed by atoms with Gasteiger partial charge in [0.25, 0.3) is 0 Å². The van der Waals surface area contributed by atoms with Crippen LogP contribution in [0.4, 0.5) is 0 Å². The number of carbonyl (C=O) groups excluding carboxylic acids is 1. The Morgan fingerprint density at radius 3 is 2.42 bits per heavy atom. The Hall–Kier alpha value is -1.36. The predicted molar refractivity (Wildman–Crippen MR) is 95.8 cm³/mol. The summed E-state index contributed by atoms with van der Waals surface area (Å²) in [5.41, 5.74) is 1.83. The molecule has 24 heavy (non-hydrogen) atoms. The second-order valence-corrected chi connectivity index (χ2v) is 9.77. The molecule has 0 aromatic heterocycles. The molecule has 1 saturated carbocycles. The topological polar surface area (TPSA) is 54.5 Å². The number of nitrogens with zero attached hydrogens (tertiary/aromatic N) is 1. The van der Waals surface area contributed by atoms with Crippen molar-refractivity contribution in [3.05, 3.63) is 35.4 Å². The zero-order chi connectivity index (χ0) is 17.4. The van der Waals surface area contributed by atoms with Crippen LogP contribution in [-0.4, -0.2) is 43.8 Å². The van der Waals surface area contributed by atoms with Gasteiger partial charge in [0.2, 0.25) is 5.91 Å². The molecule has 1 aromatic rings. The number of hydrogen-bond donors (Lipinski definition) is 0. The number of rotatable bonds is 3. The Balaban J connectivity index is 1.93. The highest BCUT2D eigenvalue weighted by atomic mass is 32.2. The summed E-state index contributed by atoms with van der Waals surface area (Å²) in [7, 11) is -3.09. The van der Waals surface area contributed by atoms with Gasteiger partial charge in [0.1, 0.15) is 0 Å². The van der Waals surface area contributed by atoms with Gasteiger partial charge in [-0.15, -0.1) is 0 Å². The van der Waals surface area contributed by atoms with Crippen molar-refractivity contribution in [3.63, 3.8) is 0 Å². The lowest BCUT2D eigenvalue weighted by Gasteiger charge is -2.40. The second kappa shape index (κ2) is 6.51. The van der Waals surface area contributed by atoms with E-state index in [0.717, 1.165) is 36.8 Å². The standard InChI is InChI=1S/C19H27NO3S/c1-15-8-4-5-9-17(15)19(11-6-3-7-12-19)18(21)20-13-10-16(14-20)24(2,22)23/h4-5,8-9,16H,3,6-7,10-14H2,1-2H3. The van der Waals surface area contributed by atoms with Crippen molar-refractivity contribution in [1.82, 2.24) is 4.90 Å². The van der Waals surface area contributed by atoms with E-state index >= 15 is 0 Å². The van der Waals surface area contributed by atoms with Crippen LogP contribution in [0, 0.1) is 6.92 Å². The molecule has 1 saturated heterocycles. The average Bonchev–Trinajstić information content (AvgIpc) is 3.05. The van der Waals surface area contributed by atoms with E-state index in [0.29, 0.717) is 19.5 Å². The number of benzene rings is 1. The lowest BCUT2D eigenvalue weighted by atomic mass is 9.67. The fourth-order valence-electron chi connectivity index (χ4n) is 4.43. The van der Waals surface area contributed by atoms with E-state index in [1.807, 2.05) is 17.0 Å². The summed E-state index contributed by atoms with van der Waals surface area (Å²) < 4.78 is 23.7. The maximum Gasteiger partial charge on any atom is 0.233 e. The van der Waals surface area contributed by atoms with Crippen LogP contribution in [-0.2, 0) is 20.0 Å². The summed E-state index contributed by atoms with van der Waals surface area (Å²) in [5.74, 6) is 0.141. The van der Waals surface area contributed by atoms with E-state index in [2.05, 4.69) is 19.1 Å². The van der Waals surface area contributed by atoms with Crippen molar-refractivity contribution in [1.29, 1.82) is 0 Å². The molecule has 1 unspecified atom stereocenters. The molecule has 0 N–H and O–H groups in total. The summed E-state index contributed by atoms with van der Waals surface area (Å²) in [5, 5.41) is -0.404. The fraction of sp³-hybridized carbons (Fsp3) is 0.632. The number of hydrogen-bond acceptors (Lipinski definition) is 3. The van der Waals surface area contributed by atoms with E-state index in [1.54, 1.807) is 0 Å². The molecule has 5 heteroatoms. The third-order valence-electron chi connectivity index (χ3n) is 5.81. The summed E-state index contributed by atoms with van der Waals surface area (Å²) in [6.45, 7) is 2.98. The van der Waals surface area contributed by atoms with Gasteiger partial charge in [0.05, 0.1) is 10.7 Å². The Labute approximate surface area is 145 Å². The van der Waals surface area contributed by atoms with Gasteiger partial charge in [0, 0.05) is 19.3 Å². The SMILES string of the molecule is Cc1ccccc1C1(C(=O)N2CCC(S(C)(=O)=O)C2)CCCCC1. The van der Waals surface area contributed by atoms with E-state index < -0.39 is 20.5 Å². The first-order valence-corrected chi connectivity index (χ1v) is 10.8. The lowest BCUT2D eigenvalue weighted by molar-refractivity contribution is -0.137. The van der Waals surface area contributed by atoms with E-state index in [9.17, 15) is 13.2 Å². The number of sulfone groups is 1. The van der Waals surface area contributed by atoms with Gasteiger partial charge in [-0.1, -0.05) is 43.5 Å². The Kier molecular flexibility index (Phi) is 4.73. The molecule has 3 rings (SSSR count). The minimum absolute atomic E-state index is 0.141. The van der Waals surface area contributed by atoms with E-state index in [4.69, 9.17) is 0 Å². The highest BCUT2D eigenvalue weighted by molar-refractivity contribution is 7.91. The first-order chi connectivity index (χ1) is 11.3. The predicted octanol–water partition coefficient (Wildman–Crippen LogP) is 2.84. The highest BCUT2D eigenvalue weighted by Crippen LogP contribution is 2.43.